The normalized spacial score (nSPS) is 22.8. The van der Waals surface area contributed by atoms with Crippen LogP contribution >= 0.6 is 0 Å². The number of carbonyl (C=O) groups is 1. The van der Waals surface area contributed by atoms with E-state index in [4.69, 9.17) is 10.8 Å². The Labute approximate surface area is 53.9 Å². The minimum absolute atomic E-state index is 0.132. The van der Waals surface area contributed by atoms with Crippen LogP contribution in [0, 0.1) is 0 Å². The second-order valence-electron chi connectivity index (χ2n) is 2.79. The molecule has 0 bridgehead atoms. The van der Waals surface area contributed by atoms with Crippen molar-refractivity contribution in [2.45, 2.75) is 31.2 Å². The summed E-state index contributed by atoms with van der Waals surface area (Å²) >= 11 is 0. The van der Waals surface area contributed by atoms with Gasteiger partial charge in [-0.2, -0.15) is 0 Å². The van der Waals surface area contributed by atoms with Gasteiger partial charge in [-0.1, -0.05) is 0 Å². The monoisotopic (exact) mass is 129 g/mol. The minimum Gasteiger partial charge on any atom is -0.481 e. The molecule has 1 fully saturated rings. The molecule has 1 aliphatic rings. The SMILES string of the molecule is NC1(CC(=O)O)CCC1. The van der Waals surface area contributed by atoms with Crippen molar-refractivity contribution in [1.29, 1.82) is 0 Å². The van der Waals surface area contributed by atoms with Gasteiger partial charge in [0.25, 0.3) is 0 Å². The zero-order valence-electron chi connectivity index (χ0n) is 5.26. The number of carboxylic acid groups (broad SMARTS) is 1. The van der Waals surface area contributed by atoms with E-state index in [0.717, 1.165) is 19.3 Å². The molecule has 0 aromatic rings. The average molecular weight is 129 g/mol. The second kappa shape index (κ2) is 1.99. The van der Waals surface area contributed by atoms with Crippen LogP contribution in [0.2, 0.25) is 0 Å². The molecule has 0 unspecified atom stereocenters. The van der Waals surface area contributed by atoms with Crippen LogP contribution in [-0.2, 0) is 4.79 Å². The topological polar surface area (TPSA) is 63.3 Å². The largest absolute Gasteiger partial charge is 0.481 e. The Hall–Kier alpha value is -0.570. The van der Waals surface area contributed by atoms with Gasteiger partial charge >= 0.3 is 5.97 Å². The van der Waals surface area contributed by atoms with Gasteiger partial charge in [-0.05, 0) is 19.3 Å². The molecule has 0 atom stereocenters. The first-order valence-corrected chi connectivity index (χ1v) is 3.13. The van der Waals surface area contributed by atoms with Crippen LogP contribution in [0.5, 0.6) is 0 Å². The van der Waals surface area contributed by atoms with Crippen molar-refractivity contribution in [3.05, 3.63) is 0 Å². The predicted molar refractivity (Wildman–Crippen MR) is 33.0 cm³/mol. The van der Waals surface area contributed by atoms with Crippen molar-refractivity contribution in [3.8, 4) is 0 Å². The molecular formula is C6H11NO2. The molecule has 0 amide bonds. The molecule has 1 aliphatic carbocycles. The molecule has 52 valence electrons. The summed E-state index contributed by atoms with van der Waals surface area (Å²) in [6, 6.07) is 0. The third-order valence-corrected chi connectivity index (χ3v) is 1.85. The number of rotatable bonds is 2. The summed E-state index contributed by atoms with van der Waals surface area (Å²) in [6.45, 7) is 0. The molecule has 0 aliphatic heterocycles. The maximum Gasteiger partial charge on any atom is 0.305 e. The highest BCUT2D eigenvalue weighted by Crippen LogP contribution is 2.31. The molecule has 1 saturated carbocycles. The highest BCUT2D eigenvalue weighted by Gasteiger charge is 2.34. The number of aliphatic carboxylic acids is 1. The van der Waals surface area contributed by atoms with Gasteiger partial charge in [0, 0.05) is 5.54 Å². The molecule has 0 aromatic heterocycles. The summed E-state index contributed by atoms with van der Waals surface area (Å²) in [4.78, 5) is 10.1. The number of carboxylic acids is 1. The zero-order chi connectivity index (χ0) is 6.91. The number of hydrogen-bond donors (Lipinski definition) is 2. The molecule has 3 heteroatoms. The lowest BCUT2D eigenvalue weighted by molar-refractivity contribution is -0.139. The van der Waals surface area contributed by atoms with E-state index in [9.17, 15) is 4.79 Å². The van der Waals surface area contributed by atoms with E-state index in [1.807, 2.05) is 0 Å². The van der Waals surface area contributed by atoms with Gasteiger partial charge in [0.15, 0.2) is 0 Å². The fraction of sp³-hybridized carbons (Fsp3) is 0.833. The minimum atomic E-state index is -0.780. The van der Waals surface area contributed by atoms with Crippen molar-refractivity contribution in [3.63, 3.8) is 0 Å². The molecular weight excluding hydrogens is 118 g/mol. The van der Waals surface area contributed by atoms with Gasteiger partial charge in [-0.3, -0.25) is 4.79 Å². The first-order valence-electron chi connectivity index (χ1n) is 3.13. The molecule has 0 aromatic carbocycles. The van der Waals surface area contributed by atoms with E-state index in [2.05, 4.69) is 0 Å². The molecule has 3 nitrogen and oxygen atoms in total. The van der Waals surface area contributed by atoms with Crippen LogP contribution in [0.3, 0.4) is 0 Å². The van der Waals surface area contributed by atoms with Crippen LogP contribution in [0.4, 0.5) is 0 Å². The van der Waals surface area contributed by atoms with E-state index in [1.54, 1.807) is 0 Å². The summed E-state index contributed by atoms with van der Waals surface area (Å²) < 4.78 is 0. The van der Waals surface area contributed by atoms with Crippen molar-refractivity contribution < 1.29 is 9.90 Å². The smallest absolute Gasteiger partial charge is 0.305 e. The Kier molecular flexibility index (Phi) is 1.45. The third kappa shape index (κ3) is 1.42. The van der Waals surface area contributed by atoms with Crippen LogP contribution in [0.1, 0.15) is 25.7 Å². The number of nitrogens with two attached hydrogens (primary N) is 1. The van der Waals surface area contributed by atoms with Crippen LogP contribution < -0.4 is 5.73 Å². The van der Waals surface area contributed by atoms with Gasteiger partial charge in [-0.15, -0.1) is 0 Å². The van der Waals surface area contributed by atoms with Gasteiger partial charge < -0.3 is 10.8 Å². The zero-order valence-corrected chi connectivity index (χ0v) is 5.26. The lowest BCUT2D eigenvalue weighted by Crippen LogP contribution is -2.48. The van der Waals surface area contributed by atoms with Crippen molar-refractivity contribution >= 4 is 5.97 Å². The quantitative estimate of drug-likeness (QED) is 0.565. The van der Waals surface area contributed by atoms with Crippen LogP contribution in [0.15, 0.2) is 0 Å². The maximum atomic E-state index is 10.1. The first-order chi connectivity index (χ1) is 4.12. The molecule has 0 spiro atoms. The molecule has 0 saturated heterocycles. The molecule has 0 radical (unpaired) electrons. The summed E-state index contributed by atoms with van der Waals surface area (Å²) in [7, 11) is 0. The molecule has 3 N–H and O–H groups in total. The highest BCUT2D eigenvalue weighted by atomic mass is 16.4. The molecule has 0 heterocycles. The first kappa shape index (κ1) is 6.55. The second-order valence-corrected chi connectivity index (χ2v) is 2.79. The van der Waals surface area contributed by atoms with E-state index < -0.39 is 5.97 Å². The van der Waals surface area contributed by atoms with Gasteiger partial charge in [0.2, 0.25) is 0 Å². The summed E-state index contributed by atoms with van der Waals surface area (Å²) in [5.41, 5.74) is 5.27. The fourth-order valence-electron chi connectivity index (χ4n) is 1.11. The van der Waals surface area contributed by atoms with Gasteiger partial charge in [0.05, 0.1) is 6.42 Å². The van der Waals surface area contributed by atoms with Crippen LogP contribution in [0.25, 0.3) is 0 Å². The Morgan fingerprint density at radius 3 is 2.33 bits per heavy atom. The Morgan fingerprint density at radius 1 is 1.67 bits per heavy atom. The molecule has 1 rings (SSSR count). The molecule has 9 heavy (non-hydrogen) atoms. The number of hydrogen-bond acceptors (Lipinski definition) is 2. The fourth-order valence-corrected chi connectivity index (χ4v) is 1.11. The summed E-state index contributed by atoms with van der Waals surface area (Å²) in [5.74, 6) is -0.780. The average Bonchev–Trinajstić information content (AvgIpc) is 1.60. The Morgan fingerprint density at radius 2 is 2.22 bits per heavy atom. The van der Waals surface area contributed by atoms with E-state index in [-0.39, 0.29) is 12.0 Å². The summed E-state index contributed by atoms with van der Waals surface area (Å²) in [6.07, 6.45) is 2.97. The summed E-state index contributed by atoms with van der Waals surface area (Å²) in [5, 5.41) is 8.33. The van der Waals surface area contributed by atoms with Crippen LogP contribution in [-0.4, -0.2) is 16.6 Å². The van der Waals surface area contributed by atoms with E-state index >= 15 is 0 Å². The predicted octanol–water partition coefficient (Wildman–Crippen LogP) is 0.342. The van der Waals surface area contributed by atoms with Crippen molar-refractivity contribution in [2.75, 3.05) is 0 Å². The highest BCUT2D eigenvalue weighted by molar-refractivity contribution is 5.68. The van der Waals surface area contributed by atoms with Crippen molar-refractivity contribution in [2.24, 2.45) is 5.73 Å². The Balaban J connectivity index is 2.33. The maximum absolute atomic E-state index is 10.1. The van der Waals surface area contributed by atoms with Crippen molar-refractivity contribution in [1.82, 2.24) is 0 Å². The lowest BCUT2D eigenvalue weighted by Gasteiger charge is -2.36. The standard InChI is InChI=1S/C6H11NO2/c7-6(2-1-3-6)4-5(8)9/h1-4,7H2,(H,8,9). The lowest BCUT2D eigenvalue weighted by atomic mass is 9.75. The third-order valence-electron chi connectivity index (χ3n) is 1.85. The van der Waals surface area contributed by atoms with E-state index in [0.29, 0.717) is 0 Å². The van der Waals surface area contributed by atoms with Gasteiger partial charge in [-0.25, -0.2) is 0 Å². The van der Waals surface area contributed by atoms with Gasteiger partial charge in [0.1, 0.15) is 0 Å². The Bertz CT molecular complexity index is 129. The van der Waals surface area contributed by atoms with E-state index in [1.165, 1.54) is 0 Å².